The molecule has 0 atom stereocenters. The van der Waals surface area contributed by atoms with Crippen LogP contribution in [0.4, 0.5) is 0 Å². The molecule has 0 aliphatic rings. The van der Waals surface area contributed by atoms with Gasteiger partial charge in [0, 0.05) is 11.1 Å². The number of carbonyl (C=O) groups excluding carboxylic acids is 2. The third kappa shape index (κ3) is 5.37. The van der Waals surface area contributed by atoms with Crippen molar-refractivity contribution in [2.24, 2.45) is 0 Å². The number of aryl methyl sites for hydroxylation is 1. The summed E-state index contributed by atoms with van der Waals surface area (Å²) in [6, 6.07) is 10.1. The first-order valence-corrected chi connectivity index (χ1v) is 8.18. The van der Waals surface area contributed by atoms with Crippen molar-refractivity contribution in [3.8, 4) is 5.75 Å². The van der Waals surface area contributed by atoms with E-state index >= 15 is 0 Å². The Bertz CT molecular complexity index is 793. The summed E-state index contributed by atoms with van der Waals surface area (Å²) in [7, 11) is 1.55. The molecule has 132 valence electrons. The summed E-state index contributed by atoms with van der Waals surface area (Å²) in [5.41, 5.74) is 2.09. The van der Waals surface area contributed by atoms with Crippen LogP contribution in [0.1, 0.15) is 21.5 Å². The first-order chi connectivity index (χ1) is 11.9. The number of hydrogen-bond donors (Lipinski definition) is 1. The van der Waals surface area contributed by atoms with Crippen LogP contribution in [0, 0.1) is 6.92 Å². The lowest BCUT2D eigenvalue weighted by atomic mass is 10.1. The van der Waals surface area contributed by atoms with Crippen molar-refractivity contribution in [2.45, 2.75) is 13.5 Å². The number of methoxy groups -OCH3 is 1. The predicted octanol–water partition coefficient (Wildman–Crippen LogP) is 3.78. The van der Waals surface area contributed by atoms with Gasteiger partial charge in [0.1, 0.15) is 18.9 Å². The van der Waals surface area contributed by atoms with Crippen molar-refractivity contribution in [1.82, 2.24) is 5.32 Å². The molecule has 2 rings (SSSR count). The van der Waals surface area contributed by atoms with E-state index in [-0.39, 0.29) is 18.2 Å². The highest BCUT2D eigenvalue weighted by Gasteiger charge is 2.12. The predicted molar refractivity (Wildman–Crippen MR) is 96.3 cm³/mol. The van der Waals surface area contributed by atoms with E-state index in [0.717, 1.165) is 11.1 Å². The summed E-state index contributed by atoms with van der Waals surface area (Å²) in [4.78, 5) is 23.8. The van der Waals surface area contributed by atoms with Gasteiger partial charge < -0.3 is 14.8 Å². The number of ether oxygens (including phenoxy) is 2. The quantitative estimate of drug-likeness (QED) is 0.773. The topological polar surface area (TPSA) is 64.6 Å². The first kappa shape index (κ1) is 19.1. The fraction of sp³-hybridized carbons (Fsp3) is 0.222. The van der Waals surface area contributed by atoms with Gasteiger partial charge in [-0.05, 0) is 37.3 Å². The van der Waals surface area contributed by atoms with Crippen LogP contribution in [0.15, 0.2) is 36.4 Å². The molecule has 7 heteroatoms. The van der Waals surface area contributed by atoms with Crippen LogP contribution >= 0.6 is 23.2 Å². The normalized spacial score (nSPS) is 10.2. The highest BCUT2D eigenvalue weighted by molar-refractivity contribution is 6.42. The van der Waals surface area contributed by atoms with Crippen LogP contribution in [0.5, 0.6) is 5.75 Å². The maximum atomic E-state index is 12.0. The van der Waals surface area contributed by atoms with Crippen molar-refractivity contribution in [2.75, 3.05) is 13.7 Å². The summed E-state index contributed by atoms with van der Waals surface area (Å²) < 4.78 is 10.4. The van der Waals surface area contributed by atoms with Gasteiger partial charge >= 0.3 is 5.97 Å². The Kier molecular flexibility index (Phi) is 6.67. The van der Waals surface area contributed by atoms with Crippen LogP contribution in [-0.2, 0) is 16.1 Å². The average molecular weight is 382 g/mol. The number of benzene rings is 2. The Morgan fingerprint density at radius 3 is 2.52 bits per heavy atom. The van der Waals surface area contributed by atoms with Gasteiger partial charge in [0.25, 0.3) is 5.91 Å². The molecule has 0 saturated carbocycles. The number of nitrogens with one attached hydrogen (secondary N) is 1. The van der Waals surface area contributed by atoms with E-state index < -0.39 is 11.9 Å². The molecule has 0 bridgehead atoms. The molecule has 0 heterocycles. The molecule has 1 N–H and O–H groups in total. The smallest absolute Gasteiger partial charge is 0.325 e. The fourth-order valence-electron chi connectivity index (χ4n) is 2.12. The molecule has 2 aromatic rings. The second-order valence-electron chi connectivity index (χ2n) is 5.29. The Hall–Kier alpha value is -2.24. The van der Waals surface area contributed by atoms with Gasteiger partial charge in [-0.2, -0.15) is 0 Å². The largest absolute Gasteiger partial charge is 0.496 e. The number of halogens is 2. The highest BCUT2D eigenvalue weighted by Crippen LogP contribution is 2.22. The monoisotopic (exact) mass is 381 g/mol. The fourth-order valence-corrected chi connectivity index (χ4v) is 2.42. The molecule has 0 aliphatic heterocycles. The zero-order valence-electron chi connectivity index (χ0n) is 13.8. The molecule has 0 unspecified atom stereocenters. The molecule has 0 fully saturated rings. The van der Waals surface area contributed by atoms with E-state index in [1.54, 1.807) is 7.11 Å². The van der Waals surface area contributed by atoms with Crippen molar-refractivity contribution in [3.05, 3.63) is 63.1 Å². The van der Waals surface area contributed by atoms with Gasteiger partial charge in [0.15, 0.2) is 0 Å². The summed E-state index contributed by atoms with van der Waals surface area (Å²) in [5, 5.41) is 3.09. The molecule has 0 aromatic heterocycles. The molecule has 0 aliphatic carbocycles. The van der Waals surface area contributed by atoms with Crippen molar-refractivity contribution >= 4 is 35.1 Å². The van der Waals surface area contributed by atoms with Crippen LogP contribution in [0.2, 0.25) is 10.0 Å². The second-order valence-corrected chi connectivity index (χ2v) is 6.10. The van der Waals surface area contributed by atoms with E-state index in [2.05, 4.69) is 5.32 Å². The van der Waals surface area contributed by atoms with Crippen molar-refractivity contribution in [3.63, 3.8) is 0 Å². The lowest BCUT2D eigenvalue weighted by Gasteiger charge is -2.11. The van der Waals surface area contributed by atoms with E-state index in [0.29, 0.717) is 16.3 Å². The summed E-state index contributed by atoms with van der Waals surface area (Å²) in [6.45, 7) is 1.74. The molecule has 25 heavy (non-hydrogen) atoms. The standard InChI is InChI=1S/C18H17Cl2NO4/c1-11-3-6-16(24-2)13(7-11)10-25-17(22)9-21-18(23)12-4-5-14(19)15(20)8-12/h3-8H,9-10H2,1-2H3,(H,21,23). The van der Waals surface area contributed by atoms with Crippen LogP contribution < -0.4 is 10.1 Å². The summed E-state index contributed by atoms with van der Waals surface area (Å²) >= 11 is 11.7. The molecule has 0 spiro atoms. The maximum Gasteiger partial charge on any atom is 0.325 e. The van der Waals surface area contributed by atoms with Crippen molar-refractivity contribution < 1.29 is 19.1 Å². The summed E-state index contributed by atoms with van der Waals surface area (Å²) in [5.74, 6) is -0.362. The van der Waals surface area contributed by atoms with Crippen LogP contribution in [-0.4, -0.2) is 25.5 Å². The number of hydrogen-bond acceptors (Lipinski definition) is 4. The molecule has 0 saturated heterocycles. The molecular formula is C18H17Cl2NO4. The molecular weight excluding hydrogens is 365 g/mol. The van der Waals surface area contributed by atoms with Crippen LogP contribution in [0.25, 0.3) is 0 Å². The van der Waals surface area contributed by atoms with Gasteiger partial charge in [0.2, 0.25) is 0 Å². The molecule has 2 aromatic carbocycles. The summed E-state index contributed by atoms with van der Waals surface area (Å²) in [6.07, 6.45) is 0. The molecule has 0 radical (unpaired) electrons. The Balaban J connectivity index is 1.87. The van der Waals surface area contributed by atoms with E-state index in [1.165, 1.54) is 18.2 Å². The minimum absolute atomic E-state index is 0.0618. The van der Waals surface area contributed by atoms with Gasteiger partial charge in [-0.1, -0.05) is 34.8 Å². The second kappa shape index (κ2) is 8.74. The number of carbonyl (C=O) groups is 2. The minimum Gasteiger partial charge on any atom is -0.496 e. The van der Waals surface area contributed by atoms with Crippen LogP contribution in [0.3, 0.4) is 0 Å². The first-order valence-electron chi connectivity index (χ1n) is 7.43. The van der Waals surface area contributed by atoms with Gasteiger partial charge in [0.05, 0.1) is 17.2 Å². The average Bonchev–Trinajstić information content (AvgIpc) is 2.60. The Morgan fingerprint density at radius 1 is 1.08 bits per heavy atom. The van der Waals surface area contributed by atoms with Crippen molar-refractivity contribution in [1.29, 1.82) is 0 Å². The lowest BCUT2D eigenvalue weighted by molar-refractivity contribution is -0.143. The third-order valence-electron chi connectivity index (χ3n) is 3.40. The SMILES string of the molecule is COc1ccc(C)cc1COC(=O)CNC(=O)c1ccc(Cl)c(Cl)c1. The zero-order chi connectivity index (χ0) is 18.4. The third-order valence-corrected chi connectivity index (χ3v) is 4.14. The molecule has 1 amide bonds. The maximum absolute atomic E-state index is 12.0. The van der Waals surface area contributed by atoms with Gasteiger partial charge in [-0.25, -0.2) is 0 Å². The lowest BCUT2D eigenvalue weighted by Crippen LogP contribution is -2.30. The van der Waals surface area contributed by atoms with E-state index in [9.17, 15) is 9.59 Å². The Labute approximate surface area is 155 Å². The van der Waals surface area contributed by atoms with Gasteiger partial charge in [-0.15, -0.1) is 0 Å². The van der Waals surface area contributed by atoms with E-state index in [4.69, 9.17) is 32.7 Å². The molecule has 5 nitrogen and oxygen atoms in total. The Morgan fingerprint density at radius 2 is 1.84 bits per heavy atom. The van der Waals surface area contributed by atoms with Gasteiger partial charge in [-0.3, -0.25) is 9.59 Å². The number of esters is 1. The number of rotatable bonds is 6. The number of amides is 1. The minimum atomic E-state index is -0.558. The van der Waals surface area contributed by atoms with E-state index in [1.807, 2.05) is 25.1 Å². The highest BCUT2D eigenvalue weighted by atomic mass is 35.5. The zero-order valence-corrected chi connectivity index (χ0v) is 15.3.